The van der Waals surface area contributed by atoms with Crippen LogP contribution in [0.3, 0.4) is 0 Å². The first-order valence-corrected chi connectivity index (χ1v) is 6.02. The maximum atomic E-state index is 8.55. The third kappa shape index (κ3) is 5.29. The van der Waals surface area contributed by atoms with Crippen molar-refractivity contribution in [1.29, 1.82) is 0 Å². The highest BCUT2D eigenvalue weighted by Gasteiger charge is 1.97. The van der Waals surface area contributed by atoms with Gasteiger partial charge in [0.2, 0.25) is 0 Å². The largest absolute Gasteiger partial charge is 0.384 e. The van der Waals surface area contributed by atoms with Gasteiger partial charge in [-0.15, -0.1) is 11.3 Å². The Morgan fingerprint density at radius 1 is 1.31 bits per heavy atom. The van der Waals surface area contributed by atoms with Crippen molar-refractivity contribution in [2.24, 2.45) is 0 Å². The Balaban J connectivity index is 2.24. The van der Waals surface area contributed by atoms with Crippen LogP contribution in [0.15, 0.2) is 12.1 Å². The summed E-state index contributed by atoms with van der Waals surface area (Å²) in [6.07, 6.45) is 0. The minimum Gasteiger partial charge on any atom is -0.384 e. The van der Waals surface area contributed by atoms with Crippen LogP contribution in [0.4, 0.5) is 0 Å². The second-order valence-corrected chi connectivity index (χ2v) is 4.14. The van der Waals surface area contributed by atoms with E-state index in [2.05, 4.69) is 11.8 Å². The lowest BCUT2D eigenvalue weighted by atomic mass is 10.4. The molecule has 1 aromatic heterocycles. The van der Waals surface area contributed by atoms with Gasteiger partial charge in [-0.1, -0.05) is 11.8 Å². The summed E-state index contributed by atoms with van der Waals surface area (Å²) in [4.78, 5) is 2.09. The molecule has 0 amide bonds. The summed E-state index contributed by atoms with van der Waals surface area (Å²) in [6, 6.07) is 3.93. The summed E-state index contributed by atoms with van der Waals surface area (Å²) in [7, 11) is 0. The molecule has 0 saturated carbocycles. The zero-order valence-electron chi connectivity index (χ0n) is 9.36. The van der Waals surface area contributed by atoms with Crippen LogP contribution in [0.2, 0.25) is 0 Å². The van der Waals surface area contributed by atoms with Gasteiger partial charge in [0.25, 0.3) is 0 Å². The minimum absolute atomic E-state index is 0.0991. The Morgan fingerprint density at radius 2 is 2.12 bits per heavy atom. The predicted octanol–water partition coefficient (Wildman–Crippen LogP) is 1.65. The SMILES string of the molecule is CCOCCOCc1ccc(C#CCO)s1. The van der Waals surface area contributed by atoms with Crippen molar-refractivity contribution in [2.45, 2.75) is 13.5 Å². The summed E-state index contributed by atoms with van der Waals surface area (Å²) < 4.78 is 10.6. The highest BCUT2D eigenvalue weighted by atomic mass is 32.1. The zero-order chi connectivity index (χ0) is 11.6. The van der Waals surface area contributed by atoms with Crippen LogP contribution >= 0.6 is 11.3 Å². The van der Waals surface area contributed by atoms with Crippen molar-refractivity contribution in [2.75, 3.05) is 26.4 Å². The molecule has 1 heterocycles. The minimum atomic E-state index is -0.0991. The fraction of sp³-hybridized carbons (Fsp3) is 0.500. The number of thiophene rings is 1. The van der Waals surface area contributed by atoms with Crippen molar-refractivity contribution in [3.8, 4) is 11.8 Å². The summed E-state index contributed by atoms with van der Waals surface area (Å²) in [6.45, 7) is 4.44. The first kappa shape index (κ1) is 13.2. The van der Waals surface area contributed by atoms with Crippen molar-refractivity contribution < 1.29 is 14.6 Å². The molecule has 3 nitrogen and oxygen atoms in total. The summed E-state index contributed by atoms with van der Waals surface area (Å²) in [5.41, 5.74) is 0. The van der Waals surface area contributed by atoms with Crippen LogP contribution in [-0.4, -0.2) is 31.5 Å². The van der Waals surface area contributed by atoms with E-state index in [4.69, 9.17) is 14.6 Å². The van der Waals surface area contributed by atoms with Crippen LogP contribution in [0.25, 0.3) is 0 Å². The molecule has 0 aliphatic rings. The number of ether oxygens (including phenoxy) is 2. The van der Waals surface area contributed by atoms with Gasteiger partial charge in [0.05, 0.1) is 24.7 Å². The molecule has 0 atom stereocenters. The van der Waals surface area contributed by atoms with E-state index >= 15 is 0 Å². The third-order valence-electron chi connectivity index (χ3n) is 1.77. The Morgan fingerprint density at radius 3 is 2.88 bits per heavy atom. The number of aliphatic hydroxyl groups excluding tert-OH is 1. The molecule has 4 heteroatoms. The molecule has 0 aliphatic heterocycles. The molecule has 0 radical (unpaired) electrons. The van der Waals surface area contributed by atoms with Gasteiger partial charge in [-0.25, -0.2) is 0 Å². The topological polar surface area (TPSA) is 38.7 Å². The monoisotopic (exact) mass is 240 g/mol. The van der Waals surface area contributed by atoms with E-state index in [1.54, 1.807) is 11.3 Å². The third-order valence-corrected chi connectivity index (χ3v) is 2.75. The molecular weight excluding hydrogens is 224 g/mol. The molecule has 16 heavy (non-hydrogen) atoms. The molecule has 0 saturated heterocycles. The first-order chi connectivity index (χ1) is 7.86. The van der Waals surface area contributed by atoms with E-state index in [0.29, 0.717) is 19.8 Å². The molecule has 0 aliphatic carbocycles. The van der Waals surface area contributed by atoms with Gasteiger partial charge < -0.3 is 14.6 Å². The Kier molecular flexibility index (Phi) is 6.86. The number of rotatable bonds is 6. The molecular formula is C12H16O3S. The average molecular weight is 240 g/mol. The normalized spacial score (nSPS) is 9.88. The van der Waals surface area contributed by atoms with Crippen LogP contribution in [0.1, 0.15) is 16.7 Å². The van der Waals surface area contributed by atoms with Crippen molar-refractivity contribution >= 4 is 11.3 Å². The molecule has 0 fully saturated rings. The summed E-state index contributed by atoms with van der Waals surface area (Å²) >= 11 is 1.59. The van der Waals surface area contributed by atoms with Crippen LogP contribution in [-0.2, 0) is 16.1 Å². The Labute approximate surface area is 100 Å². The number of hydrogen-bond acceptors (Lipinski definition) is 4. The molecule has 0 spiro atoms. The molecule has 88 valence electrons. The van der Waals surface area contributed by atoms with Gasteiger partial charge in [-0.2, -0.15) is 0 Å². The van der Waals surface area contributed by atoms with Crippen LogP contribution in [0, 0.1) is 11.8 Å². The molecule has 0 bridgehead atoms. The van der Waals surface area contributed by atoms with Crippen molar-refractivity contribution in [3.63, 3.8) is 0 Å². The number of hydrogen-bond donors (Lipinski definition) is 1. The van der Waals surface area contributed by atoms with Crippen LogP contribution < -0.4 is 0 Å². The maximum absolute atomic E-state index is 8.55. The highest BCUT2D eigenvalue weighted by Crippen LogP contribution is 2.16. The summed E-state index contributed by atoms with van der Waals surface area (Å²) in [5, 5.41) is 8.55. The molecule has 0 unspecified atom stereocenters. The molecule has 1 aromatic rings. The van der Waals surface area contributed by atoms with E-state index in [-0.39, 0.29) is 6.61 Å². The van der Waals surface area contributed by atoms with Crippen LogP contribution in [0.5, 0.6) is 0 Å². The standard InChI is InChI=1S/C12H16O3S/c1-2-14-8-9-15-10-12-6-5-11(16-12)4-3-7-13/h5-6,13H,2,7-10H2,1H3. The summed E-state index contributed by atoms with van der Waals surface area (Å²) in [5.74, 6) is 5.48. The molecule has 1 rings (SSSR count). The second kappa shape index (κ2) is 8.31. The quantitative estimate of drug-likeness (QED) is 0.607. The van der Waals surface area contributed by atoms with Gasteiger partial charge in [-0.05, 0) is 19.1 Å². The van der Waals surface area contributed by atoms with E-state index < -0.39 is 0 Å². The van der Waals surface area contributed by atoms with Gasteiger partial charge in [-0.3, -0.25) is 0 Å². The van der Waals surface area contributed by atoms with E-state index in [1.807, 2.05) is 19.1 Å². The van der Waals surface area contributed by atoms with E-state index in [1.165, 1.54) is 0 Å². The second-order valence-electron chi connectivity index (χ2n) is 2.98. The lowest BCUT2D eigenvalue weighted by molar-refractivity contribution is 0.0462. The van der Waals surface area contributed by atoms with Gasteiger partial charge >= 0.3 is 0 Å². The maximum Gasteiger partial charge on any atom is 0.104 e. The first-order valence-electron chi connectivity index (χ1n) is 5.20. The van der Waals surface area contributed by atoms with E-state index in [9.17, 15) is 0 Å². The fourth-order valence-corrected chi connectivity index (χ4v) is 1.90. The average Bonchev–Trinajstić information content (AvgIpc) is 2.74. The van der Waals surface area contributed by atoms with Gasteiger partial charge in [0, 0.05) is 11.5 Å². The van der Waals surface area contributed by atoms with Gasteiger partial charge in [0.15, 0.2) is 0 Å². The highest BCUT2D eigenvalue weighted by molar-refractivity contribution is 7.12. The fourth-order valence-electron chi connectivity index (χ4n) is 1.08. The van der Waals surface area contributed by atoms with Gasteiger partial charge in [0.1, 0.15) is 6.61 Å². The smallest absolute Gasteiger partial charge is 0.104 e. The van der Waals surface area contributed by atoms with Crippen molar-refractivity contribution in [3.05, 3.63) is 21.9 Å². The lowest BCUT2D eigenvalue weighted by Gasteiger charge is -2.01. The zero-order valence-corrected chi connectivity index (χ0v) is 10.2. The van der Waals surface area contributed by atoms with Crippen molar-refractivity contribution in [1.82, 2.24) is 0 Å². The predicted molar refractivity (Wildman–Crippen MR) is 64.4 cm³/mol. The van der Waals surface area contributed by atoms with E-state index in [0.717, 1.165) is 16.4 Å². The molecule has 0 aromatic carbocycles. The lowest BCUT2D eigenvalue weighted by Crippen LogP contribution is -2.03. The number of aliphatic hydroxyl groups is 1. The Bertz CT molecular complexity index is 349. The molecule has 1 N–H and O–H groups in total. The Hall–Kier alpha value is -0.860.